The van der Waals surface area contributed by atoms with Gasteiger partial charge < -0.3 is 4.57 Å². The minimum Gasteiger partial charge on any atom is -0.309 e. The summed E-state index contributed by atoms with van der Waals surface area (Å²) in [5.41, 5.74) is 0.463. The lowest BCUT2D eigenvalue weighted by atomic mass is 10.4. The monoisotopic (exact) mass is 300 g/mol. The lowest BCUT2D eigenvalue weighted by Gasteiger charge is -2.04. The van der Waals surface area contributed by atoms with E-state index in [4.69, 9.17) is 11.6 Å². The second kappa shape index (κ2) is 4.71. The predicted molar refractivity (Wildman–Crippen MR) is 61.5 cm³/mol. The lowest BCUT2D eigenvalue weighted by Crippen LogP contribution is -2.07. The third kappa shape index (κ3) is 2.28. The van der Waals surface area contributed by atoms with Gasteiger partial charge in [0.2, 0.25) is 0 Å². The van der Waals surface area contributed by atoms with Gasteiger partial charge in [-0.15, -0.1) is 0 Å². The maximum Gasteiger partial charge on any atom is 0.178 e. The first-order chi connectivity index (χ1) is 7.70. The average Bonchev–Trinajstić information content (AvgIpc) is 2.63. The normalized spacial score (nSPS) is 10.4. The highest BCUT2D eigenvalue weighted by atomic mass is 79.9. The highest BCUT2D eigenvalue weighted by Crippen LogP contribution is 2.12. The van der Waals surface area contributed by atoms with Crippen molar-refractivity contribution >= 4 is 33.8 Å². The molecule has 82 valence electrons. The lowest BCUT2D eigenvalue weighted by molar-refractivity contribution is 0.111. The summed E-state index contributed by atoms with van der Waals surface area (Å²) in [6, 6.07) is 0. The van der Waals surface area contributed by atoms with E-state index in [2.05, 4.69) is 30.9 Å². The summed E-state index contributed by atoms with van der Waals surface area (Å²) in [5.74, 6) is 0.561. The van der Waals surface area contributed by atoms with Gasteiger partial charge in [0.1, 0.15) is 11.5 Å². The Kier molecular flexibility index (Phi) is 3.31. The fraction of sp³-hybridized carbons (Fsp3) is 0.111. The van der Waals surface area contributed by atoms with E-state index >= 15 is 0 Å². The molecule has 0 amide bonds. The molecule has 2 heterocycles. The molecule has 0 radical (unpaired) electrons. The molecule has 0 saturated heterocycles. The SMILES string of the molecule is O=Cc1cnc(Br)n1Cc1ncc(Cl)cn1. The molecule has 7 heteroatoms. The van der Waals surface area contributed by atoms with Crippen molar-refractivity contribution in [3.63, 3.8) is 0 Å². The summed E-state index contributed by atoms with van der Waals surface area (Å²) in [5, 5.41) is 0.476. The summed E-state index contributed by atoms with van der Waals surface area (Å²) in [6.45, 7) is 0.367. The zero-order valence-electron chi connectivity index (χ0n) is 7.97. The zero-order valence-corrected chi connectivity index (χ0v) is 10.3. The van der Waals surface area contributed by atoms with E-state index < -0.39 is 0 Å². The fourth-order valence-corrected chi connectivity index (χ4v) is 1.71. The van der Waals surface area contributed by atoms with Crippen LogP contribution in [0.1, 0.15) is 16.3 Å². The highest BCUT2D eigenvalue weighted by molar-refractivity contribution is 9.10. The van der Waals surface area contributed by atoms with E-state index in [1.807, 2.05) is 0 Å². The molecule has 0 aliphatic carbocycles. The van der Waals surface area contributed by atoms with Gasteiger partial charge in [-0.2, -0.15) is 0 Å². The molecule has 2 aromatic rings. The molecule has 0 saturated carbocycles. The number of halogens is 2. The number of imidazole rings is 1. The maximum atomic E-state index is 10.7. The summed E-state index contributed by atoms with van der Waals surface area (Å²) < 4.78 is 2.23. The summed E-state index contributed by atoms with van der Waals surface area (Å²) in [7, 11) is 0. The number of aldehydes is 1. The molecule has 0 N–H and O–H groups in total. The van der Waals surface area contributed by atoms with Gasteiger partial charge in [0.05, 0.1) is 17.8 Å². The van der Waals surface area contributed by atoms with Crippen LogP contribution in [0.25, 0.3) is 0 Å². The van der Waals surface area contributed by atoms with Crippen LogP contribution in [-0.4, -0.2) is 25.8 Å². The van der Waals surface area contributed by atoms with Crippen molar-refractivity contribution in [2.75, 3.05) is 0 Å². The number of nitrogens with zero attached hydrogens (tertiary/aromatic N) is 4. The van der Waals surface area contributed by atoms with Crippen LogP contribution in [0.2, 0.25) is 5.02 Å². The Hall–Kier alpha value is -1.27. The quantitative estimate of drug-likeness (QED) is 0.813. The van der Waals surface area contributed by atoms with Gasteiger partial charge in [-0.05, 0) is 15.9 Å². The van der Waals surface area contributed by atoms with Gasteiger partial charge in [-0.1, -0.05) is 11.6 Å². The number of hydrogen-bond donors (Lipinski definition) is 0. The van der Waals surface area contributed by atoms with Crippen LogP contribution >= 0.6 is 27.5 Å². The first-order valence-electron chi connectivity index (χ1n) is 4.33. The second-order valence-corrected chi connectivity index (χ2v) is 4.12. The second-order valence-electron chi connectivity index (χ2n) is 2.97. The molecular weight excluding hydrogens is 295 g/mol. The van der Waals surface area contributed by atoms with Crippen molar-refractivity contribution in [3.8, 4) is 0 Å². The van der Waals surface area contributed by atoms with Crippen molar-refractivity contribution in [1.82, 2.24) is 19.5 Å². The van der Waals surface area contributed by atoms with E-state index in [9.17, 15) is 4.79 Å². The fourth-order valence-electron chi connectivity index (χ4n) is 1.18. The van der Waals surface area contributed by atoms with Crippen LogP contribution in [0.3, 0.4) is 0 Å². The predicted octanol–water partition coefficient (Wildman–Crippen LogP) is 1.95. The summed E-state index contributed by atoms with van der Waals surface area (Å²) in [6.07, 6.45) is 5.23. The Morgan fingerprint density at radius 3 is 2.62 bits per heavy atom. The topological polar surface area (TPSA) is 60.7 Å². The first kappa shape index (κ1) is 11.2. The van der Waals surface area contributed by atoms with E-state index in [1.165, 1.54) is 18.6 Å². The van der Waals surface area contributed by atoms with E-state index in [0.717, 1.165) is 6.29 Å². The van der Waals surface area contributed by atoms with E-state index in [0.29, 0.717) is 27.8 Å². The number of carbonyl (C=O) groups is 1. The first-order valence-corrected chi connectivity index (χ1v) is 5.50. The number of rotatable bonds is 3. The van der Waals surface area contributed by atoms with E-state index in [-0.39, 0.29) is 0 Å². The molecular formula is C9H6BrClN4O. The van der Waals surface area contributed by atoms with Crippen LogP contribution < -0.4 is 0 Å². The van der Waals surface area contributed by atoms with Crippen molar-refractivity contribution in [1.29, 1.82) is 0 Å². The molecule has 0 spiro atoms. The van der Waals surface area contributed by atoms with Gasteiger partial charge in [0, 0.05) is 12.4 Å². The summed E-state index contributed by atoms with van der Waals surface area (Å²) in [4.78, 5) is 22.8. The average molecular weight is 302 g/mol. The van der Waals surface area contributed by atoms with Gasteiger partial charge >= 0.3 is 0 Å². The molecule has 0 atom stereocenters. The number of hydrogen-bond acceptors (Lipinski definition) is 4. The third-order valence-corrected chi connectivity index (χ3v) is 2.76. The van der Waals surface area contributed by atoms with Crippen LogP contribution in [-0.2, 0) is 6.54 Å². The Bertz CT molecular complexity index is 511. The molecule has 0 unspecified atom stereocenters. The standard InChI is InChI=1S/C9H6BrClN4O/c10-9-14-3-7(5-16)15(9)4-8-12-1-6(11)2-13-8/h1-3,5H,4H2. The molecule has 0 aliphatic heterocycles. The Morgan fingerprint density at radius 1 is 1.31 bits per heavy atom. The molecule has 0 fully saturated rings. The largest absolute Gasteiger partial charge is 0.309 e. The smallest absolute Gasteiger partial charge is 0.178 e. The van der Waals surface area contributed by atoms with Crippen LogP contribution in [0.4, 0.5) is 0 Å². The molecule has 0 bridgehead atoms. The molecule has 2 aromatic heterocycles. The van der Waals surface area contributed by atoms with Crippen LogP contribution in [0.15, 0.2) is 23.3 Å². The Morgan fingerprint density at radius 2 is 2.00 bits per heavy atom. The maximum absolute atomic E-state index is 10.7. The van der Waals surface area contributed by atoms with Gasteiger partial charge in [-0.25, -0.2) is 15.0 Å². The molecule has 5 nitrogen and oxygen atoms in total. The highest BCUT2D eigenvalue weighted by Gasteiger charge is 2.08. The molecule has 2 rings (SSSR count). The van der Waals surface area contributed by atoms with E-state index in [1.54, 1.807) is 4.57 Å². The van der Waals surface area contributed by atoms with Gasteiger partial charge in [0.15, 0.2) is 11.0 Å². The van der Waals surface area contributed by atoms with Crippen molar-refractivity contribution < 1.29 is 4.79 Å². The Labute approximate surface area is 105 Å². The zero-order chi connectivity index (χ0) is 11.5. The minimum atomic E-state index is 0.367. The van der Waals surface area contributed by atoms with Crippen molar-refractivity contribution in [3.05, 3.63) is 39.9 Å². The van der Waals surface area contributed by atoms with Crippen LogP contribution in [0, 0.1) is 0 Å². The molecule has 0 aromatic carbocycles. The van der Waals surface area contributed by atoms with Crippen molar-refractivity contribution in [2.24, 2.45) is 0 Å². The van der Waals surface area contributed by atoms with Crippen molar-refractivity contribution in [2.45, 2.75) is 6.54 Å². The molecule has 16 heavy (non-hydrogen) atoms. The van der Waals surface area contributed by atoms with Crippen LogP contribution in [0.5, 0.6) is 0 Å². The van der Waals surface area contributed by atoms with Gasteiger partial charge in [0.25, 0.3) is 0 Å². The summed E-state index contributed by atoms with van der Waals surface area (Å²) >= 11 is 8.92. The Balaban J connectivity index is 2.29. The molecule has 0 aliphatic rings. The minimum absolute atomic E-state index is 0.367. The number of aromatic nitrogens is 4. The third-order valence-electron chi connectivity index (χ3n) is 1.93. The number of carbonyl (C=O) groups excluding carboxylic acids is 1. The van der Waals surface area contributed by atoms with Gasteiger partial charge in [-0.3, -0.25) is 4.79 Å².